The smallest absolute Gasteiger partial charge is 0.264 e. The van der Waals surface area contributed by atoms with Crippen LogP contribution in [0.4, 0.5) is 10.1 Å². The fraction of sp³-hybridized carbons (Fsp3) is 0.222. The number of nitrogens with zero attached hydrogens (tertiary/aromatic N) is 2. The molecular weight excluding hydrogens is 279 g/mol. The minimum atomic E-state index is -0.331. The molecule has 0 N–H and O–H groups in total. The molecule has 0 spiro atoms. The van der Waals surface area contributed by atoms with Gasteiger partial charge in [-0.05, 0) is 51.1 Å². The fourth-order valence-electron chi connectivity index (χ4n) is 2.46. The van der Waals surface area contributed by atoms with Crippen LogP contribution in [0.1, 0.15) is 36.7 Å². The second-order valence-corrected chi connectivity index (χ2v) is 6.27. The molecule has 1 aliphatic rings. The Kier molecular flexibility index (Phi) is 3.32. The number of hydrogen-bond acceptors (Lipinski definition) is 2. The van der Waals surface area contributed by atoms with Gasteiger partial charge in [-0.15, -0.1) is 0 Å². The minimum Gasteiger partial charge on any atom is -0.268 e. The van der Waals surface area contributed by atoms with Crippen molar-refractivity contribution in [2.24, 2.45) is 4.99 Å². The van der Waals surface area contributed by atoms with Gasteiger partial charge in [0.15, 0.2) is 0 Å². The summed E-state index contributed by atoms with van der Waals surface area (Å²) in [6.07, 6.45) is 0. The Morgan fingerprint density at radius 3 is 2.14 bits per heavy atom. The van der Waals surface area contributed by atoms with E-state index >= 15 is 0 Å². The zero-order valence-electron chi connectivity index (χ0n) is 12.8. The molecule has 2 aromatic rings. The molecule has 1 aliphatic heterocycles. The SMILES string of the molecule is CC(C)(C)N=C1c2ccccc2C(=O)N1c1ccc(F)cc1. The zero-order chi connectivity index (χ0) is 15.9. The van der Waals surface area contributed by atoms with E-state index in [9.17, 15) is 9.18 Å². The van der Waals surface area contributed by atoms with Crippen molar-refractivity contribution in [2.75, 3.05) is 4.90 Å². The minimum absolute atomic E-state index is 0.134. The van der Waals surface area contributed by atoms with Crippen molar-refractivity contribution in [1.82, 2.24) is 0 Å². The Labute approximate surface area is 129 Å². The highest BCUT2D eigenvalue weighted by Gasteiger charge is 2.35. The first-order valence-corrected chi connectivity index (χ1v) is 7.16. The van der Waals surface area contributed by atoms with E-state index in [-0.39, 0.29) is 17.3 Å². The molecule has 2 aromatic carbocycles. The number of amides is 1. The molecule has 1 amide bonds. The Hall–Kier alpha value is -2.49. The molecule has 112 valence electrons. The average molecular weight is 296 g/mol. The van der Waals surface area contributed by atoms with Gasteiger partial charge in [0.05, 0.1) is 16.8 Å². The van der Waals surface area contributed by atoms with Crippen molar-refractivity contribution >= 4 is 17.4 Å². The van der Waals surface area contributed by atoms with Crippen LogP contribution in [0.2, 0.25) is 0 Å². The van der Waals surface area contributed by atoms with E-state index in [2.05, 4.69) is 0 Å². The molecule has 0 saturated carbocycles. The molecule has 1 heterocycles. The van der Waals surface area contributed by atoms with Crippen LogP contribution in [0.15, 0.2) is 53.5 Å². The number of hydrogen-bond donors (Lipinski definition) is 0. The first-order valence-electron chi connectivity index (χ1n) is 7.16. The predicted octanol–water partition coefficient (Wildman–Crippen LogP) is 4.03. The fourth-order valence-corrected chi connectivity index (χ4v) is 2.46. The van der Waals surface area contributed by atoms with Crippen LogP contribution in [0.25, 0.3) is 0 Å². The summed E-state index contributed by atoms with van der Waals surface area (Å²) in [4.78, 5) is 19.0. The molecule has 22 heavy (non-hydrogen) atoms. The van der Waals surface area contributed by atoms with E-state index in [1.807, 2.05) is 39.0 Å². The first-order chi connectivity index (χ1) is 10.4. The maximum Gasteiger partial charge on any atom is 0.264 e. The number of halogens is 1. The lowest BCUT2D eigenvalue weighted by molar-refractivity contribution is 0.101. The highest BCUT2D eigenvalue weighted by molar-refractivity contribution is 6.36. The van der Waals surface area contributed by atoms with E-state index in [1.54, 1.807) is 23.1 Å². The summed E-state index contributed by atoms with van der Waals surface area (Å²) in [5.74, 6) is 0.145. The van der Waals surface area contributed by atoms with Crippen LogP contribution in [-0.2, 0) is 0 Å². The largest absolute Gasteiger partial charge is 0.268 e. The maximum absolute atomic E-state index is 13.2. The van der Waals surface area contributed by atoms with Crippen molar-refractivity contribution in [3.63, 3.8) is 0 Å². The van der Waals surface area contributed by atoms with E-state index in [4.69, 9.17) is 4.99 Å². The average Bonchev–Trinajstić information content (AvgIpc) is 2.72. The van der Waals surface area contributed by atoms with Gasteiger partial charge in [-0.3, -0.25) is 14.7 Å². The molecule has 0 fully saturated rings. The van der Waals surface area contributed by atoms with Crippen molar-refractivity contribution in [2.45, 2.75) is 26.3 Å². The third-order valence-electron chi connectivity index (χ3n) is 3.34. The third-order valence-corrected chi connectivity index (χ3v) is 3.34. The summed E-state index contributed by atoms with van der Waals surface area (Å²) in [7, 11) is 0. The lowest BCUT2D eigenvalue weighted by Gasteiger charge is -2.21. The Balaban J connectivity index is 2.18. The Bertz CT molecular complexity index is 757. The van der Waals surface area contributed by atoms with Crippen LogP contribution < -0.4 is 4.90 Å². The van der Waals surface area contributed by atoms with E-state index in [0.717, 1.165) is 5.56 Å². The highest BCUT2D eigenvalue weighted by atomic mass is 19.1. The van der Waals surface area contributed by atoms with Crippen LogP contribution in [0.3, 0.4) is 0 Å². The van der Waals surface area contributed by atoms with Crippen molar-refractivity contribution in [3.8, 4) is 0 Å². The normalized spacial score (nSPS) is 16.3. The van der Waals surface area contributed by atoms with Gasteiger partial charge in [0, 0.05) is 5.56 Å². The number of fused-ring (bicyclic) bond motifs is 1. The maximum atomic E-state index is 13.2. The van der Waals surface area contributed by atoms with Gasteiger partial charge in [-0.2, -0.15) is 0 Å². The molecule has 0 saturated heterocycles. The first kappa shape index (κ1) is 14.4. The van der Waals surface area contributed by atoms with Crippen LogP contribution in [-0.4, -0.2) is 17.3 Å². The topological polar surface area (TPSA) is 32.7 Å². The van der Waals surface area contributed by atoms with Crippen molar-refractivity contribution in [1.29, 1.82) is 0 Å². The Morgan fingerprint density at radius 1 is 0.955 bits per heavy atom. The molecule has 0 unspecified atom stereocenters. The third kappa shape index (κ3) is 2.52. The van der Waals surface area contributed by atoms with Gasteiger partial charge >= 0.3 is 0 Å². The van der Waals surface area contributed by atoms with Gasteiger partial charge in [0.2, 0.25) is 0 Å². The van der Waals surface area contributed by atoms with E-state index in [0.29, 0.717) is 17.1 Å². The van der Waals surface area contributed by atoms with Gasteiger partial charge in [-0.1, -0.05) is 18.2 Å². The van der Waals surface area contributed by atoms with Gasteiger partial charge in [-0.25, -0.2) is 4.39 Å². The summed E-state index contributed by atoms with van der Waals surface area (Å²) in [6.45, 7) is 5.94. The molecule has 0 atom stereocenters. The van der Waals surface area contributed by atoms with Gasteiger partial charge in [0.25, 0.3) is 5.91 Å². The number of carbonyl (C=O) groups is 1. The number of anilines is 1. The van der Waals surface area contributed by atoms with E-state index < -0.39 is 0 Å². The lowest BCUT2D eigenvalue weighted by atomic mass is 10.1. The number of carbonyl (C=O) groups excluding carboxylic acids is 1. The monoisotopic (exact) mass is 296 g/mol. The molecule has 0 bridgehead atoms. The van der Waals surface area contributed by atoms with Crippen LogP contribution in [0.5, 0.6) is 0 Å². The molecule has 3 rings (SSSR count). The summed E-state index contributed by atoms with van der Waals surface area (Å²) < 4.78 is 13.2. The van der Waals surface area contributed by atoms with Crippen LogP contribution >= 0.6 is 0 Å². The molecule has 0 aliphatic carbocycles. The lowest BCUT2D eigenvalue weighted by Crippen LogP contribution is -2.32. The molecule has 4 heteroatoms. The second kappa shape index (κ2) is 5.05. The predicted molar refractivity (Wildman–Crippen MR) is 85.9 cm³/mol. The standard InChI is InChI=1S/C18H17FN2O/c1-18(2,3)20-16-14-6-4-5-7-15(14)17(22)21(16)13-10-8-12(19)9-11-13/h4-11H,1-3H3. The van der Waals surface area contributed by atoms with Crippen molar-refractivity contribution < 1.29 is 9.18 Å². The summed E-state index contributed by atoms with van der Waals surface area (Å²) in [6, 6.07) is 13.3. The zero-order valence-corrected chi connectivity index (χ0v) is 12.8. The Morgan fingerprint density at radius 2 is 1.55 bits per heavy atom. The highest BCUT2D eigenvalue weighted by Crippen LogP contribution is 2.30. The molecule has 3 nitrogen and oxygen atoms in total. The number of rotatable bonds is 1. The summed E-state index contributed by atoms with van der Waals surface area (Å²) >= 11 is 0. The molecular formula is C18H17FN2O. The van der Waals surface area contributed by atoms with Gasteiger partial charge in [0.1, 0.15) is 11.7 Å². The molecule has 0 aromatic heterocycles. The number of amidine groups is 1. The number of aliphatic imine (C=N–C) groups is 1. The quantitative estimate of drug-likeness (QED) is 0.782. The number of benzene rings is 2. The summed E-state index contributed by atoms with van der Waals surface area (Å²) in [5.41, 5.74) is 1.72. The second-order valence-electron chi connectivity index (χ2n) is 6.27. The van der Waals surface area contributed by atoms with Crippen LogP contribution in [0, 0.1) is 5.82 Å². The molecule has 0 radical (unpaired) electrons. The van der Waals surface area contributed by atoms with Crippen molar-refractivity contribution in [3.05, 3.63) is 65.5 Å². The summed E-state index contributed by atoms with van der Waals surface area (Å²) in [5, 5.41) is 0. The van der Waals surface area contributed by atoms with E-state index in [1.165, 1.54) is 12.1 Å². The van der Waals surface area contributed by atoms with Gasteiger partial charge < -0.3 is 0 Å².